The second kappa shape index (κ2) is 4.98. The van der Waals surface area contributed by atoms with Crippen molar-refractivity contribution in [3.63, 3.8) is 0 Å². The summed E-state index contributed by atoms with van der Waals surface area (Å²) in [5.41, 5.74) is 3.63. The van der Waals surface area contributed by atoms with Crippen molar-refractivity contribution in [3.8, 4) is 0 Å². The zero-order valence-corrected chi connectivity index (χ0v) is 10.7. The first-order valence-corrected chi connectivity index (χ1v) is 5.80. The van der Waals surface area contributed by atoms with E-state index in [9.17, 15) is 5.11 Å². The summed E-state index contributed by atoms with van der Waals surface area (Å²) < 4.78 is 0. The fourth-order valence-corrected chi connectivity index (χ4v) is 2.58. The van der Waals surface area contributed by atoms with E-state index in [1.807, 2.05) is 20.8 Å². The van der Waals surface area contributed by atoms with Gasteiger partial charge in [0.1, 0.15) is 0 Å². The minimum absolute atomic E-state index is 0.125. The molecule has 0 aliphatic rings. The Morgan fingerprint density at radius 1 is 1.12 bits per heavy atom. The molecule has 0 fully saturated rings. The first-order valence-electron chi connectivity index (χ1n) is 5.80. The van der Waals surface area contributed by atoms with E-state index >= 15 is 0 Å². The summed E-state index contributed by atoms with van der Waals surface area (Å²) in [4.78, 5) is 0. The van der Waals surface area contributed by atoms with Crippen molar-refractivity contribution in [2.45, 2.75) is 46.1 Å². The molecule has 16 heavy (non-hydrogen) atoms. The highest BCUT2D eigenvalue weighted by Gasteiger charge is 2.26. The molecule has 0 heterocycles. The van der Waals surface area contributed by atoms with Gasteiger partial charge in [0.2, 0.25) is 0 Å². The molecule has 0 saturated carbocycles. The molecule has 1 atom stereocenters. The summed E-state index contributed by atoms with van der Waals surface area (Å²) >= 11 is 0. The summed E-state index contributed by atoms with van der Waals surface area (Å²) in [5.74, 6) is 0. The number of hydrogen-bond acceptors (Lipinski definition) is 2. The quantitative estimate of drug-likeness (QED) is 0.822. The summed E-state index contributed by atoms with van der Waals surface area (Å²) in [6.45, 7) is 8.07. The second-order valence-corrected chi connectivity index (χ2v) is 4.87. The minimum atomic E-state index is -0.843. The number of rotatable bonds is 4. The Balaban J connectivity index is 3.11. The van der Waals surface area contributed by atoms with E-state index in [-0.39, 0.29) is 6.61 Å². The maximum absolute atomic E-state index is 10.5. The average Bonchev–Trinajstić information content (AvgIpc) is 2.12. The van der Waals surface area contributed by atoms with Crippen LogP contribution in [0.2, 0.25) is 0 Å². The van der Waals surface area contributed by atoms with E-state index < -0.39 is 5.60 Å². The van der Waals surface area contributed by atoms with Crippen LogP contribution in [0.1, 0.15) is 42.0 Å². The van der Waals surface area contributed by atoms with Crippen LogP contribution in [-0.4, -0.2) is 16.8 Å². The summed E-state index contributed by atoms with van der Waals surface area (Å²) in [5, 5.41) is 19.3. The van der Waals surface area contributed by atoms with Crippen LogP contribution in [-0.2, 0) is 5.60 Å². The molecule has 1 aromatic carbocycles. The standard InChI is InChI=1S/C14H22O2/c1-10-8-11(2)13(12(3)9-10)14(4,16)6-5-7-15/h8-9,15-16H,5-7H2,1-4H3. The fraction of sp³-hybridized carbons (Fsp3) is 0.571. The van der Waals surface area contributed by atoms with Crippen molar-refractivity contribution >= 4 is 0 Å². The predicted octanol–water partition coefficient (Wildman–Crippen LogP) is 2.59. The zero-order chi connectivity index (χ0) is 12.3. The smallest absolute Gasteiger partial charge is 0.0874 e. The second-order valence-electron chi connectivity index (χ2n) is 4.87. The lowest BCUT2D eigenvalue weighted by Crippen LogP contribution is -2.24. The lowest BCUT2D eigenvalue weighted by atomic mass is 9.84. The maximum Gasteiger partial charge on any atom is 0.0874 e. The molecule has 0 saturated heterocycles. The largest absolute Gasteiger partial charge is 0.396 e. The molecule has 1 unspecified atom stereocenters. The molecule has 0 spiro atoms. The van der Waals surface area contributed by atoms with Crippen LogP contribution in [0.4, 0.5) is 0 Å². The third kappa shape index (κ3) is 2.83. The lowest BCUT2D eigenvalue weighted by Gasteiger charge is -2.28. The highest BCUT2D eigenvalue weighted by atomic mass is 16.3. The molecule has 1 rings (SSSR count). The van der Waals surface area contributed by atoms with Crippen molar-refractivity contribution in [2.24, 2.45) is 0 Å². The maximum atomic E-state index is 10.5. The van der Waals surface area contributed by atoms with Crippen LogP contribution < -0.4 is 0 Å². The number of aliphatic hydroxyl groups is 2. The predicted molar refractivity (Wildman–Crippen MR) is 66.5 cm³/mol. The molecule has 2 N–H and O–H groups in total. The van der Waals surface area contributed by atoms with Gasteiger partial charge in [0.15, 0.2) is 0 Å². The van der Waals surface area contributed by atoms with Gasteiger partial charge in [-0.3, -0.25) is 0 Å². The third-order valence-corrected chi connectivity index (χ3v) is 3.04. The topological polar surface area (TPSA) is 40.5 Å². The highest BCUT2D eigenvalue weighted by Crippen LogP contribution is 2.31. The van der Waals surface area contributed by atoms with E-state index in [1.165, 1.54) is 5.56 Å². The molecule has 0 amide bonds. The summed E-state index contributed by atoms with van der Waals surface area (Å²) in [6, 6.07) is 4.19. The first-order chi connectivity index (χ1) is 7.38. The van der Waals surface area contributed by atoms with Gasteiger partial charge >= 0.3 is 0 Å². The van der Waals surface area contributed by atoms with Gasteiger partial charge in [-0.1, -0.05) is 17.7 Å². The van der Waals surface area contributed by atoms with Gasteiger partial charge in [0, 0.05) is 6.61 Å². The monoisotopic (exact) mass is 222 g/mol. The van der Waals surface area contributed by atoms with Crippen molar-refractivity contribution in [3.05, 3.63) is 34.4 Å². The summed E-state index contributed by atoms with van der Waals surface area (Å²) in [6.07, 6.45) is 1.22. The van der Waals surface area contributed by atoms with Crippen LogP contribution in [0.5, 0.6) is 0 Å². The van der Waals surface area contributed by atoms with E-state index in [4.69, 9.17) is 5.11 Å². The van der Waals surface area contributed by atoms with E-state index in [1.54, 1.807) is 0 Å². The van der Waals surface area contributed by atoms with Gasteiger partial charge in [0.25, 0.3) is 0 Å². The average molecular weight is 222 g/mol. The van der Waals surface area contributed by atoms with Gasteiger partial charge in [-0.2, -0.15) is 0 Å². The Hall–Kier alpha value is -0.860. The highest BCUT2D eigenvalue weighted by molar-refractivity contribution is 5.41. The van der Waals surface area contributed by atoms with Gasteiger partial charge in [-0.25, -0.2) is 0 Å². The minimum Gasteiger partial charge on any atom is -0.396 e. The number of aliphatic hydroxyl groups excluding tert-OH is 1. The van der Waals surface area contributed by atoms with Crippen LogP contribution in [0.25, 0.3) is 0 Å². The molecule has 0 aromatic heterocycles. The molecular weight excluding hydrogens is 200 g/mol. The van der Waals surface area contributed by atoms with E-state index in [0.29, 0.717) is 12.8 Å². The lowest BCUT2D eigenvalue weighted by molar-refractivity contribution is 0.0391. The van der Waals surface area contributed by atoms with Gasteiger partial charge in [-0.15, -0.1) is 0 Å². The van der Waals surface area contributed by atoms with E-state index in [0.717, 1.165) is 16.7 Å². The van der Waals surface area contributed by atoms with Crippen LogP contribution in [0.3, 0.4) is 0 Å². The van der Waals surface area contributed by atoms with Crippen LogP contribution in [0, 0.1) is 20.8 Å². The SMILES string of the molecule is Cc1cc(C)c(C(C)(O)CCCO)c(C)c1. The van der Waals surface area contributed by atoms with Gasteiger partial charge in [-0.05, 0) is 57.2 Å². The number of aryl methyl sites for hydroxylation is 3. The Morgan fingerprint density at radius 2 is 1.62 bits per heavy atom. The number of hydrogen-bond donors (Lipinski definition) is 2. The Bertz CT molecular complexity index is 344. The fourth-order valence-electron chi connectivity index (χ4n) is 2.58. The van der Waals surface area contributed by atoms with Crippen LogP contribution in [0.15, 0.2) is 12.1 Å². The van der Waals surface area contributed by atoms with Gasteiger partial charge < -0.3 is 10.2 Å². The molecule has 2 nitrogen and oxygen atoms in total. The molecular formula is C14H22O2. The first kappa shape index (κ1) is 13.2. The molecule has 0 aliphatic carbocycles. The van der Waals surface area contributed by atoms with Gasteiger partial charge in [0.05, 0.1) is 5.60 Å². The summed E-state index contributed by atoms with van der Waals surface area (Å²) in [7, 11) is 0. The van der Waals surface area contributed by atoms with Crippen molar-refractivity contribution < 1.29 is 10.2 Å². The van der Waals surface area contributed by atoms with Crippen LogP contribution >= 0.6 is 0 Å². The molecule has 0 bridgehead atoms. The Labute approximate surface area is 97.9 Å². The van der Waals surface area contributed by atoms with Crippen molar-refractivity contribution in [1.29, 1.82) is 0 Å². The van der Waals surface area contributed by atoms with E-state index in [2.05, 4.69) is 19.1 Å². The zero-order valence-electron chi connectivity index (χ0n) is 10.7. The molecule has 0 aliphatic heterocycles. The Morgan fingerprint density at radius 3 is 2.06 bits per heavy atom. The molecule has 0 radical (unpaired) electrons. The molecule has 1 aromatic rings. The van der Waals surface area contributed by atoms with Crippen molar-refractivity contribution in [2.75, 3.05) is 6.61 Å². The molecule has 90 valence electrons. The molecule has 2 heteroatoms. The Kier molecular flexibility index (Phi) is 4.11. The van der Waals surface area contributed by atoms with Crippen molar-refractivity contribution in [1.82, 2.24) is 0 Å². The number of benzene rings is 1. The third-order valence-electron chi connectivity index (χ3n) is 3.04. The normalized spacial score (nSPS) is 14.9.